The second kappa shape index (κ2) is 14.2. The summed E-state index contributed by atoms with van der Waals surface area (Å²) in [6.45, 7) is 0. The summed E-state index contributed by atoms with van der Waals surface area (Å²) in [5.41, 5.74) is 14.7. The predicted octanol–water partition coefficient (Wildman–Crippen LogP) is 16.3. The van der Waals surface area contributed by atoms with Crippen LogP contribution < -0.4 is 0 Å². The van der Waals surface area contributed by atoms with Crippen molar-refractivity contribution >= 4 is 43.1 Å². The first-order valence-corrected chi connectivity index (χ1v) is 20.1. The van der Waals surface area contributed by atoms with Gasteiger partial charge in [-0.3, -0.25) is 0 Å². The molecule has 11 aromatic rings. The summed E-state index contributed by atoms with van der Waals surface area (Å²) in [4.78, 5) is 0. The van der Waals surface area contributed by atoms with Crippen LogP contribution in [0.5, 0.6) is 0 Å². The zero-order valence-corrected chi connectivity index (χ0v) is 31.9. The number of hydrogen-bond acceptors (Lipinski definition) is 0. The SMILES string of the molecule is c1ccc(-c2c3ccccc3c(-c3ccc(-c4ccc5ccccc5c4)c(-c4ccc(-c5ccc(-c6ccc7ccccc7c6)cc5)cc4)c3)c3ccccc23)cc1. The maximum atomic E-state index is 2.42. The van der Waals surface area contributed by atoms with Gasteiger partial charge in [-0.05, 0) is 128 Å². The van der Waals surface area contributed by atoms with Crippen molar-refractivity contribution in [3.63, 3.8) is 0 Å². The van der Waals surface area contributed by atoms with E-state index in [2.05, 4.69) is 231 Å². The van der Waals surface area contributed by atoms with Gasteiger partial charge < -0.3 is 0 Å². The lowest BCUT2D eigenvalue weighted by Gasteiger charge is -2.19. The molecule has 0 aliphatic rings. The van der Waals surface area contributed by atoms with Gasteiger partial charge in [-0.2, -0.15) is 0 Å². The lowest BCUT2D eigenvalue weighted by atomic mass is 9.84. The molecule has 0 amide bonds. The van der Waals surface area contributed by atoms with Crippen molar-refractivity contribution in [2.24, 2.45) is 0 Å². The van der Waals surface area contributed by atoms with Crippen LogP contribution in [0.4, 0.5) is 0 Å². The zero-order valence-electron chi connectivity index (χ0n) is 31.9. The van der Waals surface area contributed by atoms with Gasteiger partial charge in [0.2, 0.25) is 0 Å². The molecule has 0 aromatic heterocycles. The van der Waals surface area contributed by atoms with E-state index in [0.717, 1.165) is 0 Å². The quantitative estimate of drug-likeness (QED) is 0.149. The van der Waals surface area contributed by atoms with Crippen molar-refractivity contribution in [1.29, 1.82) is 0 Å². The van der Waals surface area contributed by atoms with Crippen molar-refractivity contribution < 1.29 is 0 Å². The molecule has 0 spiro atoms. The first-order valence-electron chi connectivity index (χ1n) is 20.1. The third-order valence-electron chi connectivity index (χ3n) is 11.9. The van der Waals surface area contributed by atoms with Gasteiger partial charge in [0.15, 0.2) is 0 Å². The van der Waals surface area contributed by atoms with Crippen molar-refractivity contribution in [2.75, 3.05) is 0 Å². The molecule has 0 radical (unpaired) electrons. The summed E-state index contributed by atoms with van der Waals surface area (Å²) in [6.07, 6.45) is 0. The van der Waals surface area contributed by atoms with Gasteiger partial charge in [0, 0.05) is 0 Å². The lowest BCUT2D eigenvalue weighted by molar-refractivity contribution is 1.57. The van der Waals surface area contributed by atoms with Crippen LogP contribution in [0.1, 0.15) is 0 Å². The van der Waals surface area contributed by atoms with Gasteiger partial charge in [-0.25, -0.2) is 0 Å². The maximum Gasteiger partial charge on any atom is -0.00261 e. The molecule has 0 bridgehead atoms. The standard InChI is InChI=1S/C58H38/c1-2-14-45(15-3-1)57-52-18-8-10-20-54(52)58(55-21-11-9-19-53(55)57)50-34-35-51(49-33-29-40-13-5-7-17-47(40)37-49)56(38-50)44-30-26-42(27-31-44)41-22-24-43(25-23-41)48-32-28-39-12-4-6-16-46(39)36-48/h1-38H. The minimum absolute atomic E-state index is 1.19. The summed E-state index contributed by atoms with van der Waals surface area (Å²) in [5, 5.41) is 10.1. The van der Waals surface area contributed by atoms with E-state index >= 15 is 0 Å². The van der Waals surface area contributed by atoms with Crippen molar-refractivity contribution in [1.82, 2.24) is 0 Å². The Balaban J connectivity index is 1.05. The molecule has 0 aliphatic heterocycles. The fraction of sp³-hybridized carbons (Fsp3) is 0. The number of benzene rings is 11. The molecular weight excluding hydrogens is 697 g/mol. The molecule has 0 nitrogen and oxygen atoms in total. The smallest absolute Gasteiger partial charge is 0.00261 e. The summed E-state index contributed by atoms with van der Waals surface area (Å²) in [7, 11) is 0. The van der Waals surface area contributed by atoms with Crippen molar-refractivity contribution in [2.45, 2.75) is 0 Å². The van der Waals surface area contributed by atoms with E-state index in [-0.39, 0.29) is 0 Å². The zero-order chi connectivity index (χ0) is 38.4. The normalized spacial score (nSPS) is 11.4. The highest BCUT2D eigenvalue weighted by molar-refractivity contribution is 6.21. The van der Waals surface area contributed by atoms with Crippen LogP contribution in [-0.2, 0) is 0 Å². The third kappa shape index (κ3) is 5.95. The fourth-order valence-electron chi connectivity index (χ4n) is 8.97. The Kier molecular flexibility index (Phi) is 8.26. The molecule has 0 heteroatoms. The molecule has 0 aliphatic carbocycles. The highest BCUT2D eigenvalue weighted by atomic mass is 14.2. The minimum Gasteiger partial charge on any atom is -0.0622 e. The highest BCUT2D eigenvalue weighted by Gasteiger charge is 2.18. The first kappa shape index (κ1) is 33.8. The van der Waals surface area contributed by atoms with E-state index in [1.54, 1.807) is 0 Å². The van der Waals surface area contributed by atoms with E-state index < -0.39 is 0 Å². The fourth-order valence-corrected chi connectivity index (χ4v) is 8.97. The van der Waals surface area contributed by atoms with Gasteiger partial charge in [0.25, 0.3) is 0 Å². The van der Waals surface area contributed by atoms with Gasteiger partial charge in [0.05, 0.1) is 0 Å². The largest absolute Gasteiger partial charge is 0.0622 e. The molecule has 0 N–H and O–H groups in total. The first-order chi connectivity index (χ1) is 28.7. The van der Waals surface area contributed by atoms with Gasteiger partial charge in [-0.1, -0.05) is 212 Å². The van der Waals surface area contributed by atoms with Gasteiger partial charge in [0.1, 0.15) is 0 Å². The van der Waals surface area contributed by atoms with Crippen LogP contribution in [0.15, 0.2) is 231 Å². The van der Waals surface area contributed by atoms with Gasteiger partial charge >= 0.3 is 0 Å². The molecule has 0 fully saturated rings. The molecule has 0 atom stereocenters. The molecule has 0 unspecified atom stereocenters. The van der Waals surface area contributed by atoms with E-state index in [0.29, 0.717) is 0 Å². The topological polar surface area (TPSA) is 0 Å². The van der Waals surface area contributed by atoms with E-state index in [9.17, 15) is 0 Å². The molecular formula is C58H38. The van der Waals surface area contributed by atoms with E-state index in [1.165, 1.54) is 110 Å². The van der Waals surface area contributed by atoms with Crippen LogP contribution in [0.3, 0.4) is 0 Å². The van der Waals surface area contributed by atoms with Crippen LogP contribution in [-0.4, -0.2) is 0 Å². The molecule has 0 saturated carbocycles. The summed E-state index contributed by atoms with van der Waals surface area (Å²) in [5.74, 6) is 0. The average Bonchev–Trinajstić information content (AvgIpc) is 3.30. The Bertz CT molecular complexity index is 3240. The van der Waals surface area contributed by atoms with Crippen LogP contribution in [0.2, 0.25) is 0 Å². The molecule has 0 heterocycles. The van der Waals surface area contributed by atoms with Crippen molar-refractivity contribution in [3.05, 3.63) is 231 Å². The second-order valence-corrected chi connectivity index (χ2v) is 15.2. The third-order valence-corrected chi connectivity index (χ3v) is 11.9. The molecule has 0 saturated heterocycles. The van der Waals surface area contributed by atoms with E-state index in [4.69, 9.17) is 0 Å². The lowest BCUT2D eigenvalue weighted by Crippen LogP contribution is -1.92. The Labute approximate surface area is 339 Å². The Morgan fingerprint density at radius 1 is 0.172 bits per heavy atom. The van der Waals surface area contributed by atoms with Crippen molar-refractivity contribution in [3.8, 4) is 66.8 Å². The molecule has 11 rings (SSSR count). The van der Waals surface area contributed by atoms with E-state index in [1.807, 2.05) is 0 Å². The van der Waals surface area contributed by atoms with Crippen LogP contribution in [0, 0.1) is 0 Å². The minimum atomic E-state index is 1.19. The molecule has 270 valence electrons. The van der Waals surface area contributed by atoms with Crippen LogP contribution in [0.25, 0.3) is 110 Å². The number of hydrogen-bond donors (Lipinski definition) is 0. The monoisotopic (exact) mass is 734 g/mol. The number of rotatable bonds is 6. The second-order valence-electron chi connectivity index (χ2n) is 15.2. The average molecular weight is 735 g/mol. The predicted molar refractivity (Wildman–Crippen MR) is 249 cm³/mol. The van der Waals surface area contributed by atoms with Gasteiger partial charge in [-0.15, -0.1) is 0 Å². The Morgan fingerprint density at radius 2 is 0.552 bits per heavy atom. The highest BCUT2D eigenvalue weighted by Crippen LogP contribution is 2.46. The molecule has 58 heavy (non-hydrogen) atoms. The number of fused-ring (bicyclic) bond motifs is 4. The van der Waals surface area contributed by atoms with Crippen LogP contribution >= 0.6 is 0 Å². The summed E-state index contributed by atoms with van der Waals surface area (Å²) >= 11 is 0. The Hall–Kier alpha value is -7.54. The maximum absolute atomic E-state index is 2.42. The summed E-state index contributed by atoms with van der Waals surface area (Å²) < 4.78 is 0. The summed E-state index contributed by atoms with van der Waals surface area (Å²) in [6, 6.07) is 84.6. The Morgan fingerprint density at radius 3 is 1.10 bits per heavy atom. The molecule has 11 aromatic carbocycles.